The number of alkyl halides is 2. The maximum atomic E-state index is 12.8. The van der Waals surface area contributed by atoms with Gasteiger partial charge in [-0.1, -0.05) is 11.6 Å². The molecule has 1 heterocycles. The predicted octanol–water partition coefficient (Wildman–Crippen LogP) is 2.88. The number of hydrogen-bond acceptors (Lipinski definition) is 2. The number of halogens is 4. The van der Waals surface area contributed by atoms with Crippen LogP contribution in [0.15, 0.2) is 6.07 Å². The minimum atomic E-state index is -2.88. The Labute approximate surface area is 82.9 Å². The second-order valence-electron chi connectivity index (χ2n) is 2.45. The van der Waals surface area contributed by atoms with E-state index in [4.69, 9.17) is 16.9 Å². The van der Waals surface area contributed by atoms with E-state index in [1.807, 2.05) is 0 Å². The highest BCUT2D eigenvalue weighted by molar-refractivity contribution is 6.31. The molecule has 0 radical (unpaired) electrons. The zero-order valence-corrected chi connectivity index (χ0v) is 7.52. The van der Waals surface area contributed by atoms with E-state index in [1.54, 1.807) is 6.07 Å². The van der Waals surface area contributed by atoms with Crippen LogP contribution in [-0.4, -0.2) is 4.98 Å². The molecule has 0 spiro atoms. The van der Waals surface area contributed by atoms with Gasteiger partial charge in [-0.3, -0.25) is 0 Å². The van der Waals surface area contributed by atoms with Gasteiger partial charge in [0.1, 0.15) is 5.69 Å². The third-order valence-corrected chi connectivity index (χ3v) is 1.90. The van der Waals surface area contributed by atoms with Crippen LogP contribution in [0.3, 0.4) is 0 Å². The molecule has 2 nitrogen and oxygen atoms in total. The van der Waals surface area contributed by atoms with Crippen molar-refractivity contribution in [2.75, 3.05) is 0 Å². The molecule has 0 amide bonds. The highest BCUT2D eigenvalue weighted by Crippen LogP contribution is 2.24. The van der Waals surface area contributed by atoms with Crippen LogP contribution in [0.1, 0.15) is 17.7 Å². The van der Waals surface area contributed by atoms with E-state index in [-0.39, 0.29) is 17.0 Å². The van der Waals surface area contributed by atoms with Crippen LogP contribution in [-0.2, 0) is 6.42 Å². The Morgan fingerprint density at radius 3 is 2.71 bits per heavy atom. The van der Waals surface area contributed by atoms with Gasteiger partial charge in [-0.05, 0) is 11.6 Å². The molecular weight excluding hydrogens is 217 g/mol. The van der Waals surface area contributed by atoms with Gasteiger partial charge in [-0.25, -0.2) is 13.8 Å². The van der Waals surface area contributed by atoms with E-state index >= 15 is 0 Å². The molecule has 0 atom stereocenters. The second kappa shape index (κ2) is 4.29. The Hall–Kier alpha value is -1.28. The third-order valence-electron chi connectivity index (χ3n) is 1.51. The largest absolute Gasteiger partial charge is 0.280 e. The zero-order valence-electron chi connectivity index (χ0n) is 6.77. The summed E-state index contributed by atoms with van der Waals surface area (Å²) in [5, 5.41) is 7.95. The monoisotopic (exact) mass is 220 g/mol. The predicted molar refractivity (Wildman–Crippen MR) is 43.5 cm³/mol. The fourth-order valence-corrected chi connectivity index (χ4v) is 1.06. The molecule has 0 fully saturated rings. The van der Waals surface area contributed by atoms with Crippen molar-refractivity contribution in [2.24, 2.45) is 0 Å². The first-order valence-electron chi connectivity index (χ1n) is 3.56. The Morgan fingerprint density at radius 1 is 1.57 bits per heavy atom. The van der Waals surface area contributed by atoms with E-state index in [9.17, 15) is 13.2 Å². The van der Waals surface area contributed by atoms with Gasteiger partial charge in [0.05, 0.1) is 17.5 Å². The van der Waals surface area contributed by atoms with Crippen LogP contribution in [0, 0.1) is 17.3 Å². The van der Waals surface area contributed by atoms with Gasteiger partial charge in [-0.15, -0.1) is 0 Å². The lowest BCUT2D eigenvalue weighted by molar-refractivity contribution is 0.144. The Morgan fingerprint density at radius 2 is 2.21 bits per heavy atom. The maximum absolute atomic E-state index is 12.8. The number of nitrogens with zero attached hydrogens (tertiary/aromatic N) is 2. The van der Waals surface area contributed by atoms with Crippen LogP contribution in [0.25, 0.3) is 0 Å². The van der Waals surface area contributed by atoms with Crippen molar-refractivity contribution < 1.29 is 13.2 Å². The first-order chi connectivity index (χ1) is 6.56. The van der Waals surface area contributed by atoms with E-state index in [1.165, 1.54) is 0 Å². The molecule has 0 aromatic carbocycles. The molecule has 0 unspecified atom stereocenters. The molecule has 0 bridgehead atoms. The average molecular weight is 221 g/mol. The molecule has 1 aromatic rings. The van der Waals surface area contributed by atoms with Gasteiger partial charge < -0.3 is 0 Å². The summed E-state index contributed by atoms with van der Waals surface area (Å²) in [6, 6.07) is 2.62. The van der Waals surface area contributed by atoms with E-state index < -0.39 is 18.1 Å². The average Bonchev–Trinajstić information content (AvgIpc) is 2.12. The summed E-state index contributed by atoms with van der Waals surface area (Å²) >= 11 is 5.42. The van der Waals surface area contributed by atoms with Gasteiger partial charge in [0.15, 0.2) is 0 Å². The molecule has 1 aromatic heterocycles. The minimum Gasteiger partial charge on any atom is -0.217 e. The molecule has 6 heteroatoms. The smallest absolute Gasteiger partial charge is 0.217 e. The zero-order chi connectivity index (χ0) is 10.7. The van der Waals surface area contributed by atoms with Gasteiger partial charge in [-0.2, -0.15) is 9.65 Å². The molecular formula is C8H4ClF3N2. The minimum absolute atomic E-state index is 0.0250. The van der Waals surface area contributed by atoms with Crippen molar-refractivity contribution >= 4 is 11.6 Å². The molecule has 74 valence electrons. The number of aromatic nitrogens is 1. The van der Waals surface area contributed by atoms with E-state index in [2.05, 4.69) is 4.98 Å². The molecule has 0 aliphatic carbocycles. The van der Waals surface area contributed by atoms with Gasteiger partial charge in [0.25, 0.3) is 6.43 Å². The van der Waals surface area contributed by atoms with Crippen LogP contribution in [0.5, 0.6) is 0 Å². The lowest BCUT2D eigenvalue weighted by Crippen LogP contribution is -1.98. The normalized spacial score (nSPS) is 10.3. The molecule has 0 saturated carbocycles. The summed E-state index contributed by atoms with van der Waals surface area (Å²) in [7, 11) is 0. The molecule has 1 rings (SSSR count). The highest BCUT2D eigenvalue weighted by Gasteiger charge is 2.16. The van der Waals surface area contributed by atoms with Crippen LogP contribution < -0.4 is 0 Å². The number of hydrogen-bond donors (Lipinski definition) is 0. The summed E-state index contributed by atoms with van der Waals surface area (Å²) in [5.41, 5.74) is -0.686. The van der Waals surface area contributed by atoms with Crippen molar-refractivity contribution in [3.8, 4) is 6.07 Å². The van der Waals surface area contributed by atoms with Crippen molar-refractivity contribution in [3.05, 3.63) is 28.3 Å². The molecule has 0 aliphatic heterocycles. The SMILES string of the molecule is N#CCc1cc(C(F)F)nc(F)c1Cl. The molecule has 0 aliphatic rings. The summed E-state index contributed by atoms with van der Waals surface area (Å²) in [5.74, 6) is -1.17. The Balaban J connectivity index is 3.22. The lowest BCUT2D eigenvalue weighted by atomic mass is 10.2. The molecule has 0 saturated heterocycles. The fourth-order valence-electron chi connectivity index (χ4n) is 0.895. The highest BCUT2D eigenvalue weighted by atomic mass is 35.5. The van der Waals surface area contributed by atoms with Gasteiger partial charge in [0, 0.05) is 0 Å². The molecule has 14 heavy (non-hydrogen) atoms. The second-order valence-corrected chi connectivity index (χ2v) is 2.82. The van der Waals surface area contributed by atoms with Crippen LogP contribution >= 0.6 is 11.6 Å². The number of rotatable bonds is 2. The number of pyridine rings is 1. The summed E-state index contributed by atoms with van der Waals surface area (Å²) in [6.45, 7) is 0. The van der Waals surface area contributed by atoms with E-state index in [0.29, 0.717) is 0 Å². The first-order valence-corrected chi connectivity index (χ1v) is 3.94. The lowest BCUT2D eigenvalue weighted by Gasteiger charge is -2.04. The number of nitriles is 1. The fraction of sp³-hybridized carbons (Fsp3) is 0.250. The van der Waals surface area contributed by atoms with Gasteiger partial charge in [0.2, 0.25) is 5.95 Å². The van der Waals surface area contributed by atoms with Gasteiger partial charge >= 0.3 is 0 Å². The first kappa shape index (κ1) is 10.8. The quantitative estimate of drug-likeness (QED) is 0.719. The van der Waals surface area contributed by atoms with Crippen molar-refractivity contribution in [3.63, 3.8) is 0 Å². The summed E-state index contributed by atoms with van der Waals surface area (Å²) in [6.07, 6.45) is -3.10. The third kappa shape index (κ3) is 2.15. The van der Waals surface area contributed by atoms with Crippen LogP contribution in [0.4, 0.5) is 13.2 Å². The standard InChI is InChI=1S/C8H4ClF3N2/c9-6-4(1-2-13)3-5(7(10)11)14-8(6)12/h3,7H,1H2. The Kier molecular flexibility index (Phi) is 3.31. The van der Waals surface area contributed by atoms with Crippen molar-refractivity contribution in [1.29, 1.82) is 5.26 Å². The van der Waals surface area contributed by atoms with Crippen LogP contribution in [0.2, 0.25) is 5.02 Å². The van der Waals surface area contributed by atoms with E-state index in [0.717, 1.165) is 6.07 Å². The Bertz CT molecular complexity index is 387. The summed E-state index contributed by atoms with van der Waals surface area (Å²) in [4.78, 5) is 2.96. The molecule has 0 N–H and O–H groups in total. The van der Waals surface area contributed by atoms with Crippen molar-refractivity contribution in [2.45, 2.75) is 12.8 Å². The summed E-state index contributed by atoms with van der Waals surface area (Å²) < 4.78 is 37.1. The topological polar surface area (TPSA) is 36.7 Å². The maximum Gasteiger partial charge on any atom is 0.280 e. The van der Waals surface area contributed by atoms with Crippen molar-refractivity contribution in [1.82, 2.24) is 4.98 Å².